The third kappa shape index (κ3) is 5.85. The lowest BCUT2D eigenvalue weighted by atomic mass is 9.95. The van der Waals surface area contributed by atoms with Crippen molar-refractivity contribution >= 4 is 11.8 Å². The minimum atomic E-state index is -0.198. The van der Waals surface area contributed by atoms with Crippen LogP contribution in [-0.2, 0) is 16.0 Å². The summed E-state index contributed by atoms with van der Waals surface area (Å²) < 4.78 is 13.5. The average molecular weight is 430 g/mol. The van der Waals surface area contributed by atoms with Gasteiger partial charge in [-0.3, -0.25) is 14.5 Å². The summed E-state index contributed by atoms with van der Waals surface area (Å²) in [5, 5.41) is 0. The highest BCUT2D eigenvalue weighted by molar-refractivity contribution is 5.81. The van der Waals surface area contributed by atoms with Crippen LogP contribution in [0.2, 0.25) is 0 Å². The Bertz CT molecular complexity index is 755. The van der Waals surface area contributed by atoms with Crippen molar-refractivity contribution in [3.05, 3.63) is 35.6 Å². The molecule has 0 radical (unpaired) electrons. The number of nitrogens with zero attached hydrogens (tertiary/aromatic N) is 3. The maximum atomic E-state index is 13.5. The van der Waals surface area contributed by atoms with Gasteiger partial charge in [-0.1, -0.05) is 25.0 Å². The molecule has 0 saturated carbocycles. The molecule has 3 saturated heterocycles. The highest BCUT2D eigenvalue weighted by Crippen LogP contribution is 2.24. The number of carbonyl (C=O) groups is 2. The summed E-state index contributed by atoms with van der Waals surface area (Å²) in [7, 11) is 0. The molecule has 6 heteroatoms. The second-order valence-corrected chi connectivity index (χ2v) is 9.50. The zero-order valence-corrected chi connectivity index (χ0v) is 18.6. The summed E-state index contributed by atoms with van der Waals surface area (Å²) in [4.78, 5) is 32.1. The van der Waals surface area contributed by atoms with Gasteiger partial charge in [0.2, 0.25) is 11.8 Å². The lowest BCUT2D eigenvalue weighted by molar-refractivity contribution is -0.141. The van der Waals surface area contributed by atoms with E-state index in [0.29, 0.717) is 31.6 Å². The Morgan fingerprint density at radius 1 is 0.871 bits per heavy atom. The topological polar surface area (TPSA) is 43.9 Å². The first-order valence-electron chi connectivity index (χ1n) is 12.2. The van der Waals surface area contributed by atoms with Crippen molar-refractivity contribution in [2.75, 3.05) is 39.3 Å². The van der Waals surface area contributed by atoms with Crippen molar-refractivity contribution in [2.24, 2.45) is 5.92 Å². The summed E-state index contributed by atoms with van der Waals surface area (Å²) in [6.45, 7) is 4.54. The van der Waals surface area contributed by atoms with Gasteiger partial charge in [-0.05, 0) is 69.2 Å². The zero-order chi connectivity index (χ0) is 21.6. The van der Waals surface area contributed by atoms with E-state index in [9.17, 15) is 14.0 Å². The predicted octanol–water partition coefficient (Wildman–Crippen LogP) is 3.47. The monoisotopic (exact) mass is 429 g/mol. The van der Waals surface area contributed by atoms with Crippen LogP contribution in [0.3, 0.4) is 0 Å². The summed E-state index contributed by atoms with van der Waals surface area (Å²) in [5.41, 5.74) is 0.997. The van der Waals surface area contributed by atoms with Gasteiger partial charge in [0.15, 0.2) is 0 Å². The van der Waals surface area contributed by atoms with Crippen molar-refractivity contribution < 1.29 is 14.0 Å². The Kier molecular flexibility index (Phi) is 7.59. The first-order chi connectivity index (χ1) is 15.1. The summed E-state index contributed by atoms with van der Waals surface area (Å²) in [6, 6.07) is 7.10. The number of amides is 2. The standard InChI is InChI=1S/C25H36FN3O2/c26-22-8-5-7-20(17-22)18-23-9-6-14-29(23)19-24(30)27-15-10-21(11-16-27)25(31)28-12-3-1-2-4-13-28/h5,7-8,17,21,23H,1-4,6,9-16,18-19H2. The number of hydrogen-bond acceptors (Lipinski definition) is 3. The van der Waals surface area contributed by atoms with Crippen LogP contribution in [0.4, 0.5) is 4.39 Å². The molecule has 0 aliphatic carbocycles. The third-order valence-corrected chi connectivity index (χ3v) is 7.31. The third-order valence-electron chi connectivity index (χ3n) is 7.31. The van der Waals surface area contributed by atoms with Crippen molar-refractivity contribution in [1.82, 2.24) is 14.7 Å². The van der Waals surface area contributed by atoms with Crippen molar-refractivity contribution in [2.45, 2.75) is 63.8 Å². The Morgan fingerprint density at radius 2 is 1.61 bits per heavy atom. The van der Waals surface area contributed by atoms with Crippen LogP contribution in [0, 0.1) is 11.7 Å². The first kappa shape index (κ1) is 22.3. The van der Waals surface area contributed by atoms with Crippen LogP contribution < -0.4 is 0 Å². The Balaban J connectivity index is 1.25. The van der Waals surface area contributed by atoms with E-state index in [2.05, 4.69) is 9.80 Å². The molecule has 0 N–H and O–H groups in total. The van der Waals surface area contributed by atoms with Gasteiger partial charge in [0, 0.05) is 38.1 Å². The lowest BCUT2D eigenvalue weighted by Gasteiger charge is -2.35. The van der Waals surface area contributed by atoms with Crippen LogP contribution in [0.1, 0.15) is 56.9 Å². The number of hydrogen-bond donors (Lipinski definition) is 0. The fourth-order valence-corrected chi connectivity index (χ4v) is 5.47. The number of benzene rings is 1. The van der Waals surface area contributed by atoms with E-state index in [1.54, 1.807) is 12.1 Å². The van der Waals surface area contributed by atoms with E-state index in [0.717, 1.165) is 70.1 Å². The second-order valence-electron chi connectivity index (χ2n) is 9.50. The van der Waals surface area contributed by atoms with Crippen LogP contribution >= 0.6 is 0 Å². The molecule has 0 spiro atoms. The summed E-state index contributed by atoms with van der Waals surface area (Å²) >= 11 is 0. The number of likely N-dealkylation sites (tertiary alicyclic amines) is 3. The molecule has 1 atom stereocenters. The molecular formula is C25H36FN3O2. The smallest absolute Gasteiger partial charge is 0.236 e. The molecule has 1 aromatic rings. The van der Waals surface area contributed by atoms with E-state index in [-0.39, 0.29) is 17.6 Å². The van der Waals surface area contributed by atoms with Crippen LogP contribution in [0.15, 0.2) is 24.3 Å². The van der Waals surface area contributed by atoms with Gasteiger partial charge < -0.3 is 9.80 Å². The molecule has 0 bridgehead atoms. The molecule has 31 heavy (non-hydrogen) atoms. The molecule has 4 rings (SSSR count). The molecule has 1 unspecified atom stereocenters. The molecule has 1 aromatic carbocycles. The van der Waals surface area contributed by atoms with Gasteiger partial charge in [-0.2, -0.15) is 0 Å². The lowest BCUT2D eigenvalue weighted by Crippen LogP contribution is -2.48. The molecular weight excluding hydrogens is 393 g/mol. The van der Waals surface area contributed by atoms with Gasteiger partial charge in [-0.15, -0.1) is 0 Å². The summed E-state index contributed by atoms with van der Waals surface area (Å²) in [5.74, 6) is 0.362. The van der Waals surface area contributed by atoms with Gasteiger partial charge in [0.25, 0.3) is 0 Å². The molecule has 3 aliphatic rings. The quantitative estimate of drug-likeness (QED) is 0.720. The number of halogens is 1. The second kappa shape index (κ2) is 10.6. The average Bonchev–Trinajstić information content (AvgIpc) is 3.03. The first-order valence-corrected chi connectivity index (χ1v) is 12.2. The maximum absolute atomic E-state index is 13.5. The van der Waals surface area contributed by atoms with Crippen molar-refractivity contribution in [3.8, 4) is 0 Å². The minimum Gasteiger partial charge on any atom is -0.342 e. The Hall–Kier alpha value is -1.95. The number of piperidine rings is 1. The molecule has 3 fully saturated rings. The van der Waals surface area contributed by atoms with E-state index < -0.39 is 0 Å². The molecule has 3 aliphatic heterocycles. The fraction of sp³-hybridized carbons (Fsp3) is 0.680. The zero-order valence-electron chi connectivity index (χ0n) is 18.6. The number of carbonyl (C=O) groups excluding carboxylic acids is 2. The Morgan fingerprint density at radius 3 is 2.32 bits per heavy atom. The normalized spacial score (nSPS) is 23.7. The molecule has 3 heterocycles. The van der Waals surface area contributed by atoms with E-state index in [1.807, 2.05) is 11.0 Å². The highest BCUT2D eigenvalue weighted by atomic mass is 19.1. The maximum Gasteiger partial charge on any atom is 0.236 e. The van der Waals surface area contributed by atoms with E-state index in [4.69, 9.17) is 0 Å². The summed E-state index contributed by atoms with van der Waals surface area (Å²) in [6.07, 6.45) is 9.20. The molecule has 170 valence electrons. The van der Waals surface area contributed by atoms with Crippen LogP contribution in [0.5, 0.6) is 0 Å². The van der Waals surface area contributed by atoms with E-state index in [1.165, 1.54) is 18.9 Å². The van der Waals surface area contributed by atoms with Crippen molar-refractivity contribution in [3.63, 3.8) is 0 Å². The molecule has 2 amide bonds. The van der Waals surface area contributed by atoms with E-state index >= 15 is 0 Å². The van der Waals surface area contributed by atoms with Crippen molar-refractivity contribution in [1.29, 1.82) is 0 Å². The minimum absolute atomic E-state index is 0.0784. The largest absolute Gasteiger partial charge is 0.342 e. The van der Waals surface area contributed by atoms with Gasteiger partial charge in [-0.25, -0.2) is 4.39 Å². The predicted molar refractivity (Wildman–Crippen MR) is 119 cm³/mol. The van der Waals surface area contributed by atoms with Gasteiger partial charge in [0.05, 0.1) is 6.54 Å². The van der Waals surface area contributed by atoms with Crippen LogP contribution in [-0.4, -0.2) is 71.8 Å². The van der Waals surface area contributed by atoms with Gasteiger partial charge >= 0.3 is 0 Å². The molecule has 5 nitrogen and oxygen atoms in total. The SMILES string of the molecule is O=C(CN1CCCC1Cc1cccc(F)c1)N1CCC(C(=O)N2CCCCCC2)CC1. The Labute approximate surface area is 185 Å². The van der Waals surface area contributed by atoms with Gasteiger partial charge in [0.1, 0.15) is 5.82 Å². The fourth-order valence-electron chi connectivity index (χ4n) is 5.47. The van der Waals surface area contributed by atoms with Crippen LogP contribution in [0.25, 0.3) is 0 Å². The highest BCUT2D eigenvalue weighted by Gasteiger charge is 2.32. The number of rotatable bonds is 5. The molecule has 0 aromatic heterocycles.